The summed E-state index contributed by atoms with van der Waals surface area (Å²) in [6.45, 7) is 10.8. The van der Waals surface area contributed by atoms with E-state index < -0.39 is 5.97 Å². The molecule has 0 saturated carbocycles. The van der Waals surface area contributed by atoms with Crippen LogP contribution in [0.1, 0.15) is 48.1 Å². The molecule has 0 radical (unpaired) electrons. The van der Waals surface area contributed by atoms with Gasteiger partial charge in [0, 0.05) is 37.0 Å². The molecular formula is C29H36N2O4. The Hall–Kier alpha value is -3.67. The number of rotatable bonds is 13. The van der Waals surface area contributed by atoms with E-state index in [4.69, 9.17) is 14.6 Å². The molecule has 0 aliphatic carbocycles. The van der Waals surface area contributed by atoms with Crippen molar-refractivity contribution in [2.75, 3.05) is 23.7 Å². The highest BCUT2D eigenvalue weighted by molar-refractivity contribution is 5.67. The molecule has 0 aromatic heterocycles. The Morgan fingerprint density at radius 2 is 1.23 bits per heavy atom. The highest BCUT2D eigenvalue weighted by Gasteiger charge is 2.08. The van der Waals surface area contributed by atoms with Crippen LogP contribution in [0.2, 0.25) is 0 Å². The molecule has 3 aromatic rings. The van der Waals surface area contributed by atoms with E-state index in [2.05, 4.69) is 74.7 Å². The molecule has 0 amide bonds. The summed E-state index contributed by atoms with van der Waals surface area (Å²) in [5, 5.41) is 15.9. The first-order valence-corrected chi connectivity index (χ1v) is 12.2. The lowest BCUT2D eigenvalue weighted by Gasteiger charge is -2.15. The summed E-state index contributed by atoms with van der Waals surface area (Å²) in [5.74, 6) is 0.487. The minimum atomic E-state index is -0.829. The highest BCUT2D eigenvalue weighted by Crippen LogP contribution is 2.27. The maximum Gasteiger partial charge on any atom is 0.303 e. The third-order valence-electron chi connectivity index (χ3n) is 5.72. The fraction of sp³-hybridized carbons (Fsp3) is 0.345. The van der Waals surface area contributed by atoms with Gasteiger partial charge in [-0.1, -0.05) is 24.3 Å². The van der Waals surface area contributed by atoms with Crippen molar-refractivity contribution in [3.05, 3.63) is 82.4 Å². The minimum absolute atomic E-state index is 0.0525. The largest absolute Gasteiger partial charge is 0.489 e. The zero-order valence-corrected chi connectivity index (χ0v) is 21.1. The second-order valence-electron chi connectivity index (χ2n) is 8.64. The number of hydrogen-bond acceptors (Lipinski definition) is 5. The number of carboxylic acid groups (broad SMARTS) is 1. The van der Waals surface area contributed by atoms with E-state index in [1.165, 1.54) is 11.1 Å². The zero-order chi connectivity index (χ0) is 25.2. The molecule has 3 N–H and O–H groups in total. The van der Waals surface area contributed by atoms with E-state index in [1.807, 2.05) is 18.2 Å². The molecule has 186 valence electrons. The van der Waals surface area contributed by atoms with Crippen molar-refractivity contribution in [3.8, 4) is 11.5 Å². The average molecular weight is 477 g/mol. The number of benzene rings is 3. The normalized spacial score (nSPS) is 10.6. The number of carbonyl (C=O) groups is 1. The van der Waals surface area contributed by atoms with Crippen LogP contribution in [-0.4, -0.2) is 24.2 Å². The summed E-state index contributed by atoms with van der Waals surface area (Å²) in [6, 6.07) is 18.1. The van der Waals surface area contributed by atoms with Crippen molar-refractivity contribution in [3.63, 3.8) is 0 Å². The molecule has 0 unspecified atom stereocenters. The molecule has 0 spiro atoms. The Morgan fingerprint density at radius 1 is 0.743 bits per heavy atom. The van der Waals surface area contributed by atoms with Crippen LogP contribution < -0.4 is 20.1 Å². The number of carboxylic acids is 1. The van der Waals surface area contributed by atoms with E-state index in [-0.39, 0.29) is 6.42 Å². The number of ether oxygens (including phenoxy) is 2. The van der Waals surface area contributed by atoms with Gasteiger partial charge in [0.25, 0.3) is 0 Å². The van der Waals surface area contributed by atoms with Gasteiger partial charge in [0.1, 0.15) is 24.7 Å². The van der Waals surface area contributed by atoms with Gasteiger partial charge in [-0.25, -0.2) is 0 Å². The van der Waals surface area contributed by atoms with E-state index in [0.29, 0.717) is 31.1 Å². The maximum absolute atomic E-state index is 11.1. The summed E-state index contributed by atoms with van der Waals surface area (Å²) in [6.07, 6.45) is 0.462. The Bertz CT molecular complexity index is 1070. The van der Waals surface area contributed by atoms with Crippen molar-refractivity contribution in [2.24, 2.45) is 0 Å². The van der Waals surface area contributed by atoms with Gasteiger partial charge in [0.05, 0.1) is 0 Å². The first kappa shape index (κ1) is 25.9. The molecule has 0 aliphatic heterocycles. The molecule has 0 atom stereocenters. The molecule has 6 nitrogen and oxygen atoms in total. The molecule has 0 saturated heterocycles. The van der Waals surface area contributed by atoms with Gasteiger partial charge in [-0.15, -0.1) is 0 Å². The molecule has 0 aliphatic rings. The van der Waals surface area contributed by atoms with Gasteiger partial charge in [-0.05, 0) is 86.2 Å². The van der Waals surface area contributed by atoms with Crippen LogP contribution in [0, 0.1) is 13.8 Å². The molecule has 3 rings (SSSR count). The second-order valence-corrected chi connectivity index (χ2v) is 8.64. The Kier molecular flexibility index (Phi) is 9.41. The van der Waals surface area contributed by atoms with E-state index in [0.717, 1.165) is 41.2 Å². The molecular weight excluding hydrogens is 440 g/mol. The monoisotopic (exact) mass is 476 g/mol. The number of nitrogens with one attached hydrogen (secondary N) is 2. The van der Waals surface area contributed by atoms with Crippen molar-refractivity contribution in [2.45, 2.75) is 53.8 Å². The van der Waals surface area contributed by atoms with E-state index >= 15 is 0 Å². The Labute approximate surface area is 208 Å². The standard InChI is InChI=1S/C29H36N2O4/c1-5-30-27-15-23(9-7-20(27)3)18-34-25-13-22(11-12-29(32)33)14-26(17-25)35-19-24-10-8-21(4)28(16-24)31-6-2/h7-10,13-17,30-31H,5-6,11-12,18-19H2,1-4H3,(H,32,33). The molecule has 3 aromatic carbocycles. The first-order chi connectivity index (χ1) is 16.9. The molecule has 0 heterocycles. The zero-order valence-electron chi connectivity index (χ0n) is 21.1. The van der Waals surface area contributed by atoms with Gasteiger partial charge < -0.3 is 25.2 Å². The van der Waals surface area contributed by atoms with Gasteiger partial charge in [0.2, 0.25) is 0 Å². The third kappa shape index (κ3) is 7.95. The summed E-state index contributed by atoms with van der Waals surface area (Å²) >= 11 is 0. The summed E-state index contributed by atoms with van der Waals surface area (Å²) < 4.78 is 12.2. The highest BCUT2D eigenvalue weighted by atomic mass is 16.5. The first-order valence-electron chi connectivity index (χ1n) is 12.2. The van der Waals surface area contributed by atoms with Crippen LogP contribution in [0.4, 0.5) is 11.4 Å². The predicted octanol–water partition coefficient (Wildman–Crippen LogP) is 6.34. The van der Waals surface area contributed by atoms with Gasteiger partial charge >= 0.3 is 5.97 Å². The summed E-state index contributed by atoms with van der Waals surface area (Å²) in [5.41, 5.74) is 7.56. The summed E-state index contributed by atoms with van der Waals surface area (Å²) in [7, 11) is 0. The van der Waals surface area contributed by atoms with Crippen molar-refractivity contribution in [1.82, 2.24) is 0 Å². The van der Waals surface area contributed by atoms with Gasteiger partial charge in [-0.3, -0.25) is 4.79 Å². The van der Waals surface area contributed by atoms with Crippen LogP contribution >= 0.6 is 0 Å². The fourth-order valence-electron chi connectivity index (χ4n) is 3.81. The lowest BCUT2D eigenvalue weighted by molar-refractivity contribution is -0.136. The fourth-order valence-corrected chi connectivity index (χ4v) is 3.81. The predicted molar refractivity (Wildman–Crippen MR) is 142 cm³/mol. The number of hydrogen-bond donors (Lipinski definition) is 3. The van der Waals surface area contributed by atoms with Crippen LogP contribution in [0.5, 0.6) is 11.5 Å². The van der Waals surface area contributed by atoms with Crippen LogP contribution in [-0.2, 0) is 24.4 Å². The molecule has 0 fully saturated rings. The lowest BCUT2D eigenvalue weighted by Crippen LogP contribution is -2.03. The lowest BCUT2D eigenvalue weighted by atomic mass is 10.1. The molecule has 6 heteroatoms. The van der Waals surface area contributed by atoms with Crippen LogP contribution in [0.15, 0.2) is 54.6 Å². The van der Waals surface area contributed by atoms with Gasteiger partial charge in [0.15, 0.2) is 0 Å². The van der Waals surface area contributed by atoms with Crippen LogP contribution in [0.25, 0.3) is 0 Å². The minimum Gasteiger partial charge on any atom is -0.489 e. The average Bonchev–Trinajstić information content (AvgIpc) is 2.84. The topological polar surface area (TPSA) is 79.8 Å². The van der Waals surface area contributed by atoms with Crippen molar-refractivity contribution in [1.29, 1.82) is 0 Å². The smallest absolute Gasteiger partial charge is 0.303 e. The Balaban J connectivity index is 1.75. The molecule has 0 bridgehead atoms. The van der Waals surface area contributed by atoms with Crippen molar-refractivity contribution >= 4 is 17.3 Å². The third-order valence-corrected chi connectivity index (χ3v) is 5.72. The van der Waals surface area contributed by atoms with E-state index in [9.17, 15) is 4.79 Å². The van der Waals surface area contributed by atoms with Gasteiger partial charge in [-0.2, -0.15) is 0 Å². The number of anilines is 2. The number of aliphatic carboxylic acids is 1. The van der Waals surface area contributed by atoms with E-state index in [1.54, 1.807) is 0 Å². The Morgan fingerprint density at radius 3 is 1.66 bits per heavy atom. The SMILES string of the molecule is CCNc1cc(COc2cc(CCC(=O)O)cc(OCc3ccc(C)c(NCC)c3)c2)ccc1C. The summed E-state index contributed by atoms with van der Waals surface area (Å²) in [4.78, 5) is 11.1. The number of aryl methyl sites for hydroxylation is 3. The maximum atomic E-state index is 11.1. The van der Waals surface area contributed by atoms with Crippen LogP contribution in [0.3, 0.4) is 0 Å². The molecule has 35 heavy (non-hydrogen) atoms. The second kappa shape index (κ2) is 12.7. The quantitative estimate of drug-likeness (QED) is 0.267. The van der Waals surface area contributed by atoms with Crippen molar-refractivity contribution < 1.29 is 19.4 Å².